The van der Waals surface area contributed by atoms with E-state index in [4.69, 9.17) is 4.74 Å². The van der Waals surface area contributed by atoms with E-state index in [1.807, 2.05) is 30.3 Å². The van der Waals surface area contributed by atoms with Gasteiger partial charge in [-0.05, 0) is 49.8 Å². The fraction of sp³-hybridized carbons (Fsp3) is 0.467. The van der Waals surface area contributed by atoms with Crippen molar-refractivity contribution in [1.29, 1.82) is 0 Å². The van der Waals surface area contributed by atoms with Crippen molar-refractivity contribution in [3.63, 3.8) is 0 Å². The molecule has 1 aliphatic carbocycles. The maximum Gasteiger partial charge on any atom is 0.120 e. The van der Waals surface area contributed by atoms with Gasteiger partial charge in [0.05, 0.1) is 0 Å². The molecule has 0 spiro atoms. The van der Waals surface area contributed by atoms with E-state index in [9.17, 15) is 0 Å². The van der Waals surface area contributed by atoms with Crippen LogP contribution in [0.2, 0.25) is 0 Å². The van der Waals surface area contributed by atoms with Crippen LogP contribution < -0.4 is 4.74 Å². The van der Waals surface area contributed by atoms with Crippen molar-refractivity contribution in [3.8, 4) is 5.75 Å². The SMILES string of the molecule is C=Cc1ccc(OC2(C)CCCC2C)cc1. The molecule has 0 saturated heterocycles. The van der Waals surface area contributed by atoms with E-state index in [2.05, 4.69) is 20.4 Å². The minimum Gasteiger partial charge on any atom is -0.487 e. The Labute approximate surface area is 98.1 Å². The van der Waals surface area contributed by atoms with Gasteiger partial charge in [0.15, 0.2) is 0 Å². The van der Waals surface area contributed by atoms with Crippen molar-refractivity contribution >= 4 is 6.08 Å². The molecule has 2 atom stereocenters. The van der Waals surface area contributed by atoms with Gasteiger partial charge in [-0.3, -0.25) is 0 Å². The normalized spacial score (nSPS) is 29.0. The Balaban J connectivity index is 2.11. The molecule has 16 heavy (non-hydrogen) atoms. The Kier molecular flexibility index (Phi) is 3.04. The zero-order chi connectivity index (χ0) is 11.6. The van der Waals surface area contributed by atoms with Gasteiger partial charge in [-0.25, -0.2) is 0 Å². The summed E-state index contributed by atoms with van der Waals surface area (Å²) in [4.78, 5) is 0. The molecule has 1 aromatic carbocycles. The zero-order valence-corrected chi connectivity index (χ0v) is 10.2. The molecule has 1 saturated carbocycles. The van der Waals surface area contributed by atoms with Gasteiger partial charge in [-0.2, -0.15) is 0 Å². The molecule has 0 heterocycles. The fourth-order valence-electron chi connectivity index (χ4n) is 2.40. The second-order valence-corrected chi connectivity index (χ2v) is 4.98. The van der Waals surface area contributed by atoms with Crippen LogP contribution in [0.3, 0.4) is 0 Å². The molecule has 0 aliphatic heterocycles. The number of rotatable bonds is 3. The van der Waals surface area contributed by atoms with Crippen molar-refractivity contribution in [3.05, 3.63) is 36.4 Å². The Morgan fingerprint density at radius 1 is 1.38 bits per heavy atom. The second-order valence-electron chi connectivity index (χ2n) is 4.98. The molecule has 86 valence electrons. The van der Waals surface area contributed by atoms with Gasteiger partial charge in [-0.15, -0.1) is 0 Å². The van der Waals surface area contributed by atoms with Gasteiger partial charge >= 0.3 is 0 Å². The molecule has 0 radical (unpaired) electrons. The summed E-state index contributed by atoms with van der Waals surface area (Å²) in [6.45, 7) is 8.26. The predicted octanol–water partition coefficient (Wildman–Crippen LogP) is 4.29. The summed E-state index contributed by atoms with van der Waals surface area (Å²) in [5.41, 5.74) is 1.16. The van der Waals surface area contributed by atoms with E-state index < -0.39 is 0 Å². The van der Waals surface area contributed by atoms with Gasteiger partial charge < -0.3 is 4.74 Å². The van der Waals surface area contributed by atoms with Gasteiger partial charge in [0.1, 0.15) is 11.4 Å². The van der Waals surface area contributed by atoms with Crippen LogP contribution in [0.1, 0.15) is 38.7 Å². The quantitative estimate of drug-likeness (QED) is 0.732. The van der Waals surface area contributed by atoms with Crippen molar-refractivity contribution in [2.75, 3.05) is 0 Å². The summed E-state index contributed by atoms with van der Waals surface area (Å²) in [6.07, 6.45) is 5.57. The maximum atomic E-state index is 6.14. The van der Waals surface area contributed by atoms with Crippen LogP contribution in [0.4, 0.5) is 0 Å². The summed E-state index contributed by atoms with van der Waals surface area (Å²) in [7, 11) is 0. The number of hydrogen-bond donors (Lipinski definition) is 0. The lowest BCUT2D eigenvalue weighted by Crippen LogP contribution is -2.34. The Morgan fingerprint density at radius 3 is 2.56 bits per heavy atom. The molecule has 1 aliphatic rings. The van der Waals surface area contributed by atoms with Crippen molar-refractivity contribution in [2.45, 2.75) is 38.7 Å². The Hall–Kier alpha value is -1.24. The average Bonchev–Trinajstić information content (AvgIpc) is 2.60. The molecule has 2 rings (SSSR count). The minimum absolute atomic E-state index is 0.0235. The molecule has 0 bridgehead atoms. The Morgan fingerprint density at radius 2 is 2.06 bits per heavy atom. The van der Waals surface area contributed by atoms with Gasteiger partial charge in [0.25, 0.3) is 0 Å². The van der Waals surface area contributed by atoms with E-state index in [1.54, 1.807) is 0 Å². The van der Waals surface area contributed by atoms with Crippen LogP contribution in [0.15, 0.2) is 30.8 Å². The van der Waals surface area contributed by atoms with Gasteiger partial charge in [0, 0.05) is 0 Å². The number of hydrogen-bond acceptors (Lipinski definition) is 1. The molecule has 1 fully saturated rings. The van der Waals surface area contributed by atoms with Crippen LogP contribution >= 0.6 is 0 Å². The summed E-state index contributed by atoms with van der Waals surface area (Å²) in [5.74, 6) is 1.62. The third-order valence-corrected chi connectivity index (χ3v) is 3.82. The molecular weight excluding hydrogens is 196 g/mol. The fourth-order valence-corrected chi connectivity index (χ4v) is 2.40. The highest BCUT2D eigenvalue weighted by atomic mass is 16.5. The first-order valence-corrected chi connectivity index (χ1v) is 6.05. The number of ether oxygens (including phenoxy) is 1. The van der Waals surface area contributed by atoms with Crippen LogP contribution in [-0.2, 0) is 0 Å². The lowest BCUT2D eigenvalue weighted by Gasteiger charge is -2.30. The second kappa shape index (κ2) is 4.32. The molecule has 1 aromatic rings. The first-order chi connectivity index (χ1) is 7.64. The summed E-state index contributed by atoms with van der Waals surface area (Å²) in [5, 5.41) is 0. The first kappa shape index (κ1) is 11.3. The van der Waals surface area contributed by atoms with Crippen LogP contribution in [0.25, 0.3) is 6.08 Å². The smallest absolute Gasteiger partial charge is 0.120 e. The molecule has 2 unspecified atom stereocenters. The molecule has 0 N–H and O–H groups in total. The largest absolute Gasteiger partial charge is 0.487 e. The highest BCUT2D eigenvalue weighted by Crippen LogP contribution is 2.38. The van der Waals surface area contributed by atoms with Crippen LogP contribution in [-0.4, -0.2) is 5.60 Å². The molecular formula is C15H20O. The minimum atomic E-state index is 0.0235. The van der Waals surface area contributed by atoms with Crippen LogP contribution in [0, 0.1) is 5.92 Å². The first-order valence-electron chi connectivity index (χ1n) is 6.05. The third-order valence-electron chi connectivity index (χ3n) is 3.82. The lowest BCUT2D eigenvalue weighted by atomic mass is 9.94. The van der Waals surface area contributed by atoms with E-state index in [0.29, 0.717) is 5.92 Å². The van der Waals surface area contributed by atoms with Crippen molar-refractivity contribution < 1.29 is 4.74 Å². The van der Waals surface area contributed by atoms with Crippen LogP contribution in [0.5, 0.6) is 5.75 Å². The van der Waals surface area contributed by atoms with E-state index >= 15 is 0 Å². The summed E-state index contributed by atoms with van der Waals surface area (Å²) in [6, 6.07) is 8.16. The summed E-state index contributed by atoms with van der Waals surface area (Å²) >= 11 is 0. The predicted molar refractivity (Wildman–Crippen MR) is 68.6 cm³/mol. The highest BCUT2D eigenvalue weighted by molar-refractivity contribution is 5.48. The maximum absolute atomic E-state index is 6.14. The monoisotopic (exact) mass is 216 g/mol. The van der Waals surface area contributed by atoms with Crippen molar-refractivity contribution in [2.24, 2.45) is 5.92 Å². The van der Waals surface area contributed by atoms with E-state index in [0.717, 1.165) is 17.7 Å². The molecule has 0 amide bonds. The van der Waals surface area contributed by atoms with Gasteiger partial charge in [-0.1, -0.05) is 31.7 Å². The molecule has 1 nitrogen and oxygen atoms in total. The average molecular weight is 216 g/mol. The highest BCUT2D eigenvalue weighted by Gasteiger charge is 2.37. The van der Waals surface area contributed by atoms with Crippen molar-refractivity contribution in [1.82, 2.24) is 0 Å². The zero-order valence-electron chi connectivity index (χ0n) is 10.2. The number of benzene rings is 1. The standard InChI is InChI=1S/C15H20O/c1-4-13-7-9-14(10-8-13)16-15(3)11-5-6-12(15)2/h4,7-10,12H,1,5-6,11H2,2-3H3. The van der Waals surface area contributed by atoms with E-state index in [-0.39, 0.29) is 5.60 Å². The Bertz CT molecular complexity index is 366. The lowest BCUT2D eigenvalue weighted by molar-refractivity contribution is 0.0559. The molecule has 1 heteroatoms. The topological polar surface area (TPSA) is 9.23 Å². The third kappa shape index (κ3) is 2.13. The molecule has 0 aromatic heterocycles. The summed E-state index contributed by atoms with van der Waals surface area (Å²) < 4.78 is 6.14. The van der Waals surface area contributed by atoms with E-state index in [1.165, 1.54) is 12.8 Å². The van der Waals surface area contributed by atoms with Gasteiger partial charge in [0.2, 0.25) is 0 Å².